The average molecular weight is 320 g/mol. The third kappa shape index (κ3) is 6.90. The van der Waals surface area contributed by atoms with Crippen molar-refractivity contribution in [3.8, 4) is 0 Å². The predicted molar refractivity (Wildman–Crippen MR) is 101 cm³/mol. The number of hydrogen-bond donors (Lipinski definition) is 0. The second kappa shape index (κ2) is 11.6. The Kier molecular flexibility index (Phi) is 10.1. The van der Waals surface area contributed by atoms with E-state index in [1.165, 1.54) is 55.7 Å². The lowest BCUT2D eigenvalue weighted by Gasteiger charge is -2.27. The fraction of sp³-hybridized carbons (Fsp3) is 0.579. The molecule has 0 fully saturated rings. The maximum atomic E-state index is 5.55. The molecule has 0 amide bonds. The van der Waals surface area contributed by atoms with Crippen LogP contribution in [0.2, 0.25) is 0 Å². The minimum absolute atomic E-state index is 0.912. The fourth-order valence-electron chi connectivity index (χ4n) is 2.76. The van der Waals surface area contributed by atoms with Crippen LogP contribution in [0.3, 0.4) is 0 Å². The second-order valence-corrected chi connectivity index (χ2v) is 8.79. The maximum absolute atomic E-state index is 5.55. The van der Waals surface area contributed by atoms with Crippen molar-refractivity contribution in [3.05, 3.63) is 36.4 Å². The summed E-state index contributed by atoms with van der Waals surface area (Å²) in [5, 5.41) is 1.50. The number of unbranched alkanes of at least 4 members (excludes halogenated alkanes) is 2. The van der Waals surface area contributed by atoms with Crippen LogP contribution in [0.15, 0.2) is 30.8 Å². The molecule has 0 aliphatic heterocycles. The summed E-state index contributed by atoms with van der Waals surface area (Å²) in [4.78, 5) is 2.67. The van der Waals surface area contributed by atoms with E-state index in [1.54, 1.807) is 0 Å². The van der Waals surface area contributed by atoms with Gasteiger partial charge in [-0.1, -0.05) is 68.8 Å². The van der Waals surface area contributed by atoms with E-state index in [4.69, 9.17) is 4.74 Å². The molecule has 1 rings (SSSR count). The summed E-state index contributed by atoms with van der Waals surface area (Å²) in [7, 11) is 0.712. The van der Waals surface area contributed by atoms with Crippen molar-refractivity contribution < 1.29 is 4.74 Å². The Morgan fingerprint density at radius 2 is 1.86 bits per heavy atom. The van der Waals surface area contributed by atoms with Gasteiger partial charge >= 0.3 is 0 Å². The Balaban J connectivity index is 2.79. The molecule has 1 atom stereocenters. The van der Waals surface area contributed by atoms with Gasteiger partial charge in [-0.25, -0.2) is 0 Å². The van der Waals surface area contributed by atoms with E-state index in [9.17, 15) is 0 Å². The van der Waals surface area contributed by atoms with E-state index in [0.29, 0.717) is 0 Å². The van der Waals surface area contributed by atoms with Crippen molar-refractivity contribution in [2.24, 2.45) is 0 Å². The molecule has 0 saturated heterocycles. The molecule has 1 aromatic carbocycles. The smallest absolute Gasteiger partial charge is 0.114 e. The Hall–Kier alpha value is -0.903. The molecule has 0 N–H and O–H groups in total. The summed E-state index contributed by atoms with van der Waals surface area (Å²) in [5.74, 6) is 0. The van der Waals surface area contributed by atoms with Crippen molar-refractivity contribution in [1.29, 1.82) is 0 Å². The number of nitrogens with zero attached hydrogens (tertiary/aromatic N) is 1. The topological polar surface area (TPSA) is 12.5 Å². The van der Waals surface area contributed by atoms with Crippen LogP contribution in [-0.2, 0) is 4.74 Å². The van der Waals surface area contributed by atoms with Gasteiger partial charge in [-0.3, -0.25) is 0 Å². The summed E-state index contributed by atoms with van der Waals surface area (Å²) in [6.07, 6.45) is 9.20. The van der Waals surface area contributed by atoms with E-state index in [-0.39, 0.29) is 0 Å². The van der Waals surface area contributed by atoms with Crippen LogP contribution in [-0.4, -0.2) is 46.3 Å². The largest absolute Gasteiger partial charge is 0.388 e. The van der Waals surface area contributed by atoms with Crippen molar-refractivity contribution in [1.82, 2.24) is 4.90 Å². The van der Waals surface area contributed by atoms with Crippen molar-refractivity contribution >= 4 is 20.1 Å². The lowest BCUT2D eigenvalue weighted by atomic mass is 10.2. The van der Waals surface area contributed by atoms with Crippen LogP contribution >= 0.6 is 0 Å². The highest BCUT2D eigenvalue weighted by atomic mass is 28.3. The zero-order valence-corrected chi connectivity index (χ0v) is 15.8. The highest BCUT2D eigenvalue weighted by Crippen LogP contribution is 2.04. The third-order valence-electron chi connectivity index (χ3n) is 4.12. The van der Waals surface area contributed by atoms with Gasteiger partial charge in [0, 0.05) is 13.3 Å². The molecule has 2 nitrogen and oxygen atoms in total. The number of hydrogen-bond acceptors (Lipinski definition) is 2. The molecule has 1 aromatic rings. The minimum atomic E-state index is -1.12. The highest BCUT2D eigenvalue weighted by Gasteiger charge is 2.18. The number of ether oxygens (including phenoxy) is 1. The predicted octanol–water partition coefficient (Wildman–Crippen LogP) is 3.39. The molecule has 22 heavy (non-hydrogen) atoms. The molecule has 3 heteroatoms. The quantitative estimate of drug-likeness (QED) is 0.548. The van der Waals surface area contributed by atoms with Crippen LogP contribution in [0.4, 0.5) is 0 Å². The van der Waals surface area contributed by atoms with E-state index in [1.807, 2.05) is 13.2 Å². The molecule has 0 spiro atoms. The molecule has 0 aliphatic rings. The molecular weight excluding hydrogens is 286 g/mol. The van der Waals surface area contributed by atoms with Crippen molar-refractivity contribution in [2.75, 3.05) is 32.6 Å². The molecule has 124 valence electrons. The van der Waals surface area contributed by atoms with Gasteiger partial charge in [-0.05, 0) is 37.7 Å². The molecule has 0 bridgehead atoms. The van der Waals surface area contributed by atoms with Gasteiger partial charge in [-0.2, -0.15) is 0 Å². The molecule has 0 saturated carbocycles. The molecule has 1 unspecified atom stereocenters. The Morgan fingerprint density at radius 1 is 1.18 bits per heavy atom. The molecule has 0 heterocycles. The minimum Gasteiger partial charge on any atom is -0.388 e. The normalized spacial score (nSPS) is 12.5. The summed E-state index contributed by atoms with van der Waals surface area (Å²) in [6, 6.07) is 8.87. The Bertz CT molecular complexity index is 414. The van der Waals surface area contributed by atoms with Crippen molar-refractivity contribution in [2.45, 2.75) is 39.5 Å². The summed E-state index contributed by atoms with van der Waals surface area (Å²) >= 11 is 0. The van der Waals surface area contributed by atoms with Crippen LogP contribution in [0.1, 0.15) is 45.1 Å². The number of benzene rings is 1. The van der Waals surface area contributed by atoms with Gasteiger partial charge in [0.05, 0.1) is 0 Å². The third-order valence-corrected chi connectivity index (χ3v) is 7.11. The Labute approximate surface area is 138 Å². The molecule has 0 aliphatic carbocycles. The standard InChI is InChI=1S/C19H33NOSi/c1-5-8-13-20(14-9-6-2)16-22(17-21-4)19-12-10-11-18(7-3)15-19/h7,10-12,15,22H,3,5-6,8-9,13-14,16-17H2,1-2,4H3. The Morgan fingerprint density at radius 3 is 2.41 bits per heavy atom. The monoisotopic (exact) mass is 319 g/mol. The summed E-state index contributed by atoms with van der Waals surface area (Å²) < 4.78 is 5.55. The second-order valence-electron chi connectivity index (χ2n) is 6.03. The van der Waals surface area contributed by atoms with Gasteiger partial charge < -0.3 is 9.64 Å². The van der Waals surface area contributed by atoms with E-state index < -0.39 is 8.80 Å². The number of rotatable bonds is 12. The van der Waals surface area contributed by atoms with Crippen molar-refractivity contribution in [3.63, 3.8) is 0 Å². The van der Waals surface area contributed by atoms with Gasteiger partial charge in [0.2, 0.25) is 0 Å². The lowest BCUT2D eigenvalue weighted by molar-refractivity contribution is 0.243. The maximum Gasteiger partial charge on any atom is 0.114 e. The van der Waals surface area contributed by atoms with Crippen LogP contribution < -0.4 is 5.19 Å². The van der Waals surface area contributed by atoms with Crippen LogP contribution in [0, 0.1) is 0 Å². The first-order valence-electron chi connectivity index (χ1n) is 8.68. The van der Waals surface area contributed by atoms with Gasteiger partial charge in [-0.15, -0.1) is 0 Å². The average Bonchev–Trinajstić information content (AvgIpc) is 2.56. The van der Waals surface area contributed by atoms with Gasteiger partial charge in [0.1, 0.15) is 8.80 Å². The van der Waals surface area contributed by atoms with E-state index >= 15 is 0 Å². The SMILES string of the molecule is C=Cc1cccc([SiH](COC)CN(CCCC)CCCC)c1. The number of methoxy groups -OCH3 is 1. The molecule has 0 aromatic heterocycles. The molecule has 0 radical (unpaired) electrons. The van der Waals surface area contributed by atoms with E-state index in [0.717, 1.165) is 6.23 Å². The first-order valence-corrected chi connectivity index (χ1v) is 10.9. The zero-order valence-electron chi connectivity index (χ0n) is 14.7. The molecular formula is C19H33NOSi. The summed E-state index contributed by atoms with van der Waals surface area (Å²) in [6.45, 7) is 10.9. The van der Waals surface area contributed by atoms with E-state index in [2.05, 4.69) is 49.6 Å². The highest BCUT2D eigenvalue weighted by molar-refractivity contribution is 6.73. The summed E-state index contributed by atoms with van der Waals surface area (Å²) in [5.41, 5.74) is 1.22. The van der Waals surface area contributed by atoms with Crippen LogP contribution in [0.5, 0.6) is 0 Å². The fourth-order valence-corrected chi connectivity index (χ4v) is 5.48. The van der Waals surface area contributed by atoms with Gasteiger partial charge in [0.25, 0.3) is 0 Å². The van der Waals surface area contributed by atoms with Crippen LogP contribution in [0.25, 0.3) is 6.08 Å². The first-order chi connectivity index (χ1) is 10.7. The first kappa shape index (κ1) is 19.1. The lowest BCUT2D eigenvalue weighted by Crippen LogP contribution is -2.47. The zero-order chi connectivity index (χ0) is 16.2. The van der Waals surface area contributed by atoms with Gasteiger partial charge in [0.15, 0.2) is 0 Å².